The van der Waals surface area contributed by atoms with E-state index in [9.17, 15) is 8.78 Å². The first-order valence-corrected chi connectivity index (χ1v) is 5.83. The van der Waals surface area contributed by atoms with Crippen LogP contribution in [0.15, 0.2) is 42.5 Å². The van der Waals surface area contributed by atoms with Gasteiger partial charge in [-0.2, -0.15) is 5.26 Å². The molecule has 0 saturated carbocycles. The minimum Gasteiger partial charge on any atom is -0.309 e. The molecule has 0 bridgehead atoms. The largest absolute Gasteiger partial charge is 0.309 e. The third kappa shape index (κ3) is 3.60. The summed E-state index contributed by atoms with van der Waals surface area (Å²) in [5, 5.41) is 12.0. The summed E-state index contributed by atoms with van der Waals surface area (Å²) in [6.07, 6.45) is 0. The highest BCUT2D eigenvalue weighted by atomic mass is 19.1. The molecule has 0 spiro atoms. The number of nitrogens with zero attached hydrogens (tertiary/aromatic N) is 1. The molecule has 4 heteroatoms. The Morgan fingerprint density at radius 2 is 1.79 bits per heavy atom. The zero-order valence-electron chi connectivity index (χ0n) is 10.2. The third-order valence-corrected chi connectivity index (χ3v) is 2.72. The second kappa shape index (κ2) is 6.07. The van der Waals surface area contributed by atoms with Gasteiger partial charge in [-0.05, 0) is 41.5 Å². The molecule has 2 aromatic rings. The van der Waals surface area contributed by atoms with Crippen LogP contribution in [0.5, 0.6) is 0 Å². The predicted molar refractivity (Wildman–Crippen MR) is 68.1 cm³/mol. The van der Waals surface area contributed by atoms with E-state index in [0.29, 0.717) is 24.2 Å². The summed E-state index contributed by atoms with van der Waals surface area (Å²) in [4.78, 5) is 0. The fourth-order valence-corrected chi connectivity index (χ4v) is 1.81. The average molecular weight is 258 g/mol. The van der Waals surface area contributed by atoms with Crippen LogP contribution in [-0.4, -0.2) is 0 Å². The molecule has 1 N–H and O–H groups in total. The van der Waals surface area contributed by atoms with Crippen molar-refractivity contribution in [1.82, 2.24) is 5.32 Å². The summed E-state index contributed by atoms with van der Waals surface area (Å²) in [6.45, 7) is 0.816. The Morgan fingerprint density at radius 3 is 2.53 bits per heavy atom. The first-order chi connectivity index (χ1) is 9.19. The van der Waals surface area contributed by atoms with Crippen LogP contribution in [0, 0.1) is 23.0 Å². The smallest absolute Gasteiger partial charge is 0.123 e. The summed E-state index contributed by atoms with van der Waals surface area (Å²) >= 11 is 0. The van der Waals surface area contributed by atoms with Gasteiger partial charge in [-0.15, -0.1) is 0 Å². The molecular formula is C15H12F2N2. The molecule has 0 heterocycles. The molecule has 0 amide bonds. The van der Waals surface area contributed by atoms with Crippen molar-refractivity contribution in [3.63, 3.8) is 0 Å². The standard InChI is InChI=1S/C15H12F2N2/c16-14-3-1-2-11(6-14)9-19-10-13-7-15(17)5-4-12(13)8-18/h1-7,19H,9-10H2. The van der Waals surface area contributed by atoms with E-state index in [-0.39, 0.29) is 11.6 Å². The fraction of sp³-hybridized carbons (Fsp3) is 0.133. The van der Waals surface area contributed by atoms with Gasteiger partial charge in [0.05, 0.1) is 11.6 Å². The van der Waals surface area contributed by atoms with Crippen molar-refractivity contribution >= 4 is 0 Å². The number of nitriles is 1. The Labute approximate surface area is 110 Å². The van der Waals surface area contributed by atoms with Crippen molar-refractivity contribution in [2.24, 2.45) is 0 Å². The fourth-order valence-electron chi connectivity index (χ4n) is 1.81. The minimum absolute atomic E-state index is 0.289. The monoisotopic (exact) mass is 258 g/mol. The van der Waals surface area contributed by atoms with Gasteiger partial charge < -0.3 is 5.32 Å². The molecule has 96 valence electrons. The summed E-state index contributed by atoms with van der Waals surface area (Å²) < 4.78 is 26.1. The highest BCUT2D eigenvalue weighted by molar-refractivity contribution is 5.37. The van der Waals surface area contributed by atoms with E-state index in [4.69, 9.17) is 5.26 Å². The van der Waals surface area contributed by atoms with Crippen LogP contribution >= 0.6 is 0 Å². The zero-order chi connectivity index (χ0) is 13.7. The maximum Gasteiger partial charge on any atom is 0.123 e. The van der Waals surface area contributed by atoms with Crippen molar-refractivity contribution in [3.8, 4) is 6.07 Å². The van der Waals surface area contributed by atoms with E-state index in [2.05, 4.69) is 5.32 Å². The summed E-state index contributed by atoms with van der Waals surface area (Å²) in [5.41, 5.74) is 1.84. The lowest BCUT2D eigenvalue weighted by Crippen LogP contribution is -2.14. The van der Waals surface area contributed by atoms with Crippen LogP contribution in [0.3, 0.4) is 0 Å². The number of hydrogen-bond acceptors (Lipinski definition) is 2. The lowest BCUT2D eigenvalue weighted by atomic mass is 10.1. The molecular weight excluding hydrogens is 246 g/mol. The highest BCUT2D eigenvalue weighted by Gasteiger charge is 2.03. The maximum absolute atomic E-state index is 13.1. The number of benzene rings is 2. The number of nitrogens with one attached hydrogen (secondary N) is 1. The van der Waals surface area contributed by atoms with E-state index in [1.807, 2.05) is 6.07 Å². The molecule has 0 fully saturated rings. The molecule has 2 rings (SSSR count). The van der Waals surface area contributed by atoms with Gasteiger partial charge in [0.25, 0.3) is 0 Å². The van der Waals surface area contributed by atoms with Gasteiger partial charge >= 0.3 is 0 Å². The molecule has 0 atom stereocenters. The molecule has 0 radical (unpaired) electrons. The molecule has 0 aliphatic carbocycles. The molecule has 0 aliphatic heterocycles. The van der Waals surface area contributed by atoms with Gasteiger partial charge in [0, 0.05) is 13.1 Å². The van der Waals surface area contributed by atoms with E-state index >= 15 is 0 Å². The van der Waals surface area contributed by atoms with Gasteiger partial charge in [0.15, 0.2) is 0 Å². The predicted octanol–water partition coefficient (Wildman–Crippen LogP) is 3.13. The van der Waals surface area contributed by atoms with Crippen LogP contribution < -0.4 is 5.32 Å². The van der Waals surface area contributed by atoms with E-state index in [0.717, 1.165) is 5.56 Å². The summed E-state index contributed by atoms with van der Waals surface area (Å²) in [5.74, 6) is -0.663. The van der Waals surface area contributed by atoms with E-state index in [1.54, 1.807) is 12.1 Å². The second-order valence-corrected chi connectivity index (χ2v) is 4.15. The van der Waals surface area contributed by atoms with Crippen molar-refractivity contribution < 1.29 is 8.78 Å². The van der Waals surface area contributed by atoms with Gasteiger partial charge in [0.2, 0.25) is 0 Å². The van der Waals surface area contributed by atoms with Crippen molar-refractivity contribution in [2.75, 3.05) is 0 Å². The summed E-state index contributed by atoms with van der Waals surface area (Å²) in [7, 11) is 0. The first-order valence-electron chi connectivity index (χ1n) is 5.83. The van der Waals surface area contributed by atoms with Gasteiger partial charge in [-0.3, -0.25) is 0 Å². The van der Waals surface area contributed by atoms with Gasteiger partial charge in [-0.1, -0.05) is 12.1 Å². The Morgan fingerprint density at radius 1 is 1.00 bits per heavy atom. The number of hydrogen-bond donors (Lipinski definition) is 1. The molecule has 2 nitrogen and oxygen atoms in total. The lowest BCUT2D eigenvalue weighted by molar-refractivity contribution is 0.615. The normalized spacial score (nSPS) is 10.2. The molecule has 19 heavy (non-hydrogen) atoms. The van der Waals surface area contributed by atoms with Crippen LogP contribution in [0.25, 0.3) is 0 Å². The van der Waals surface area contributed by atoms with Crippen LogP contribution in [0.4, 0.5) is 8.78 Å². The quantitative estimate of drug-likeness (QED) is 0.914. The maximum atomic E-state index is 13.1. The number of rotatable bonds is 4. The second-order valence-electron chi connectivity index (χ2n) is 4.15. The molecule has 0 saturated heterocycles. The van der Waals surface area contributed by atoms with Gasteiger partial charge in [0.1, 0.15) is 11.6 Å². The zero-order valence-corrected chi connectivity index (χ0v) is 10.2. The Bertz CT molecular complexity index is 618. The molecule has 0 aliphatic rings. The third-order valence-electron chi connectivity index (χ3n) is 2.72. The first kappa shape index (κ1) is 13.2. The van der Waals surface area contributed by atoms with Gasteiger partial charge in [-0.25, -0.2) is 8.78 Å². The SMILES string of the molecule is N#Cc1ccc(F)cc1CNCc1cccc(F)c1. The Balaban J connectivity index is 2.00. The van der Waals surface area contributed by atoms with Crippen LogP contribution in [0.1, 0.15) is 16.7 Å². The summed E-state index contributed by atoms with van der Waals surface area (Å²) in [6, 6.07) is 12.3. The van der Waals surface area contributed by atoms with Crippen LogP contribution in [-0.2, 0) is 13.1 Å². The molecule has 0 unspecified atom stereocenters. The number of halogens is 2. The van der Waals surface area contributed by atoms with Crippen molar-refractivity contribution in [1.29, 1.82) is 5.26 Å². The topological polar surface area (TPSA) is 35.8 Å². The lowest BCUT2D eigenvalue weighted by Gasteiger charge is -2.07. The van der Waals surface area contributed by atoms with E-state index in [1.165, 1.54) is 30.3 Å². The molecule has 2 aromatic carbocycles. The molecule has 0 aromatic heterocycles. The Kier molecular flexibility index (Phi) is 4.22. The minimum atomic E-state index is -0.374. The Hall–Kier alpha value is -2.25. The van der Waals surface area contributed by atoms with Crippen molar-refractivity contribution in [3.05, 3.63) is 70.8 Å². The average Bonchev–Trinajstić information content (AvgIpc) is 2.39. The van der Waals surface area contributed by atoms with Crippen molar-refractivity contribution in [2.45, 2.75) is 13.1 Å². The van der Waals surface area contributed by atoms with E-state index < -0.39 is 0 Å². The highest BCUT2D eigenvalue weighted by Crippen LogP contribution is 2.10. The van der Waals surface area contributed by atoms with Crippen LogP contribution in [0.2, 0.25) is 0 Å².